The van der Waals surface area contributed by atoms with Crippen molar-refractivity contribution < 1.29 is 0 Å². The van der Waals surface area contributed by atoms with Crippen molar-refractivity contribution in [2.24, 2.45) is 0 Å². The summed E-state index contributed by atoms with van der Waals surface area (Å²) in [6.45, 7) is 0. The Balaban J connectivity index is 2.08. The molecule has 2 rings (SSSR count). The van der Waals surface area contributed by atoms with Crippen LogP contribution in [0.25, 0.3) is 0 Å². The maximum atomic E-state index is 8.50. The fourth-order valence-electron chi connectivity index (χ4n) is 1.49. The molecule has 3 nitrogen and oxygen atoms in total. The Bertz CT molecular complexity index is 320. The van der Waals surface area contributed by atoms with E-state index in [1.807, 2.05) is 22.6 Å². The second kappa shape index (κ2) is 3.84. The summed E-state index contributed by atoms with van der Waals surface area (Å²) in [7, 11) is 0. The summed E-state index contributed by atoms with van der Waals surface area (Å²) < 4.78 is 2.01. The summed E-state index contributed by atoms with van der Waals surface area (Å²) in [6.07, 6.45) is 5.48. The number of nitrogens with zero attached hydrogens (tertiary/aromatic N) is 3. The number of hydrogen-bond acceptors (Lipinski definition) is 3. The van der Waals surface area contributed by atoms with Gasteiger partial charge in [0.15, 0.2) is 0 Å². The maximum Gasteiger partial charge on any atom is 0.0670 e. The van der Waals surface area contributed by atoms with Crippen LogP contribution < -0.4 is 0 Å². The predicted octanol–water partition coefficient (Wildman–Crippen LogP) is 1.63. The third-order valence-corrected chi connectivity index (χ3v) is 3.36. The molecule has 0 bridgehead atoms. The van der Waals surface area contributed by atoms with Crippen LogP contribution in [0.15, 0.2) is 12.4 Å². The molecule has 0 amide bonds. The molecule has 0 radical (unpaired) electrons. The quantitative estimate of drug-likeness (QED) is 0.716. The molecular formula is C9H11N3S. The van der Waals surface area contributed by atoms with Crippen molar-refractivity contribution in [3.8, 4) is 6.07 Å². The number of hydrogen-bond donors (Lipinski definition) is 0. The van der Waals surface area contributed by atoms with Crippen molar-refractivity contribution in [1.29, 1.82) is 5.26 Å². The minimum Gasteiger partial charge on any atom is -0.269 e. The monoisotopic (exact) mass is 193 g/mol. The molecule has 4 heteroatoms. The molecule has 1 fully saturated rings. The highest BCUT2D eigenvalue weighted by Gasteiger charge is 2.17. The average Bonchev–Trinajstić information content (AvgIpc) is 2.70. The van der Waals surface area contributed by atoms with Gasteiger partial charge < -0.3 is 0 Å². The van der Waals surface area contributed by atoms with Gasteiger partial charge in [-0.05, 0) is 12.2 Å². The molecule has 1 aromatic rings. The third kappa shape index (κ3) is 1.86. The van der Waals surface area contributed by atoms with Crippen LogP contribution in [0.3, 0.4) is 0 Å². The second-order valence-electron chi connectivity index (χ2n) is 3.18. The summed E-state index contributed by atoms with van der Waals surface area (Å²) in [5.74, 6) is 2.39. The molecule has 1 aliphatic heterocycles. The van der Waals surface area contributed by atoms with E-state index in [0.717, 1.165) is 11.3 Å². The zero-order valence-corrected chi connectivity index (χ0v) is 8.13. The lowest BCUT2D eigenvalue weighted by molar-refractivity contribution is 0.501. The van der Waals surface area contributed by atoms with Crippen molar-refractivity contribution in [3.05, 3.63) is 18.0 Å². The highest BCUT2D eigenvalue weighted by atomic mass is 32.2. The maximum absolute atomic E-state index is 8.50. The zero-order chi connectivity index (χ0) is 9.10. The van der Waals surface area contributed by atoms with E-state index in [2.05, 4.69) is 11.2 Å². The Kier molecular flexibility index (Phi) is 2.55. The molecule has 13 heavy (non-hydrogen) atoms. The largest absolute Gasteiger partial charge is 0.269 e. The van der Waals surface area contributed by atoms with Crippen molar-refractivity contribution in [3.63, 3.8) is 0 Å². The predicted molar refractivity (Wildman–Crippen MR) is 52.5 cm³/mol. The van der Waals surface area contributed by atoms with Crippen LogP contribution in [0.1, 0.15) is 18.0 Å². The van der Waals surface area contributed by atoms with E-state index in [-0.39, 0.29) is 0 Å². The summed E-state index contributed by atoms with van der Waals surface area (Å²) in [4.78, 5) is 0. The number of aromatic nitrogens is 2. The van der Waals surface area contributed by atoms with E-state index in [1.165, 1.54) is 12.2 Å². The Hall–Kier alpha value is -0.950. The molecule has 0 aliphatic carbocycles. The van der Waals surface area contributed by atoms with Gasteiger partial charge in [0.05, 0.1) is 24.7 Å². The first-order valence-corrected chi connectivity index (χ1v) is 5.53. The van der Waals surface area contributed by atoms with Crippen LogP contribution in [0.4, 0.5) is 0 Å². The Morgan fingerprint density at radius 2 is 2.69 bits per heavy atom. The van der Waals surface area contributed by atoms with Crippen LogP contribution in [0.2, 0.25) is 0 Å². The molecule has 1 aromatic heterocycles. The molecule has 1 unspecified atom stereocenters. The molecule has 1 aliphatic rings. The SMILES string of the molecule is N#CCc1cnn(C2CCSC2)c1. The van der Waals surface area contributed by atoms with Gasteiger partial charge in [-0.2, -0.15) is 22.1 Å². The van der Waals surface area contributed by atoms with Gasteiger partial charge in [0.1, 0.15) is 0 Å². The lowest BCUT2D eigenvalue weighted by atomic mass is 10.2. The van der Waals surface area contributed by atoms with E-state index in [9.17, 15) is 0 Å². The first kappa shape index (κ1) is 8.64. The molecule has 2 heterocycles. The summed E-state index contributed by atoms with van der Waals surface area (Å²) in [5.41, 5.74) is 1.03. The van der Waals surface area contributed by atoms with Gasteiger partial charge in [-0.1, -0.05) is 0 Å². The molecule has 1 atom stereocenters. The first-order valence-electron chi connectivity index (χ1n) is 4.38. The van der Waals surface area contributed by atoms with Gasteiger partial charge in [-0.25, -0.2) is 0 Å². The zero-order valence-electron chi connectivity index (χ0n) is 7.31. The van der Waals surface area contributed by atoms with Gasteiger partial charge in [-0.15, -0.1) is 0 Å². The van der Waals surface area contributed by atoms with Crippen molar-refractivity contribution >= 4 is 11.8 Å². The van der Waals surface area contributed by atoms with Gasteiger partial charge in [0, 0.05) is 17.5 Å². The van der Waals surface area contributed by atoms with Crippen LogP contribution in [-0.4, -0.2) is 21.3 Å². The standard InChI is InChI=1S/C9H11N3S/c10-3-1-8-5-11-12(6-8)9-2-4-13-7-9/h5-6,9H,1-2,4,7H2. The fraction of sp³-hybridized carbons (Fsp3) is 0.556. The smallest absolute Gasteiger partial charge is 0.0670 e. The average molecular weight is 193 g/mol. The lowest BCUT2D eigenvalue weighted by Crippen LogP contribution is -2.07. The van der Waals surface area contributed by atoms with Crippen LogP contribution >= 0.6 is 11.8 Å². The minimum absolute atomic E-state index is 0.472. The molecule has 68 valence electrons. The Morgan fingerprint density at radius 1 is 1.77 bits per heavy atom. The molecule has 0 N–H and O–H groups in total. The van der Waals surface area contributed by atoms with Crippen LogP contribution in [0.5, 0.6) is 0 Å². The van der Waals surface area contributed by atoms with Crippen molar-refractivity contribution in [2.75, 3.05) is 11.5 Å². The minimum atomic E-state index is 0.472. The number of thioether (sulfide) groups is 1. The van der Waals surface area contributed by atoms with E-state index < -0.39 is 0 Å². The highest BCUT2D eigenvalue weighted by molar-refractivity contribution is 7.99. The first-order chi connectivity index (χ1) is 6.40. The van der Waals surface area contributed by atoms with Crippen molar-refractivity contribution in [2.45, 2.75) is 18.9 Å². The third-order valence-electron chi connectivity index (χ3n) is 2.22. The van der Waals surface area contributed by atoms with E-state index in [4.69, 9.17) is 5.26 Å². The van der Waals surface area contributed by atoms with Crippen molar-refractivity contribution in [1.82, 2.24) is 9.78 Å². The molecule has 0 spiro atoms. The summed E-state index contributed by atoms with van der Waals surface area (Å²) in [5, 5.41) is 12.8. The summed E-state index contributed by atoms with van der Waals surface area (Å²) >= 11 is 1.97. The van der Waals surface area contributed by atoms with Crippen LogP contribution in [-0.2, 0) is 6.42 Å². The summed E-state index contributed by atoms with van der Waals surface area (Å²) in [6, 6.07) is 2.68. The van der Waals surface area contributed by atoms with E-state index in [0.29, 0.717) is 12.5 Å². The van der Waals surface area contributed by atoms with Gasteiger partial charge in [0.25, 0.3) is 0 Å². The van der Waals surface area contributed by atoms with E-state index >= 15 is 0 Å². The fourth-order valence-corrected chi connectivity index (χ4v) is 2.69. The molecule has 1 saturated heterocycles. The van der Waals surface area contributed by atoms with Gasteiger partial charge >= 0.3 is 0 Å². The second-order valence-corrected chi connectivity index (χ2v) is 4.33. The Labute approximate surface area is 81.7 Å². The van der Waals surface area contributed by atoms with Gasteiger partial charge in [-0.3, -0.25) is 4.68 Å². The number of nitriles is 1. The number of rotatable bonds is 2. The molecule has 0 aromatic carbocycles. The molecule has 0 saturated carbocycles. The Morgan fingerprint density at radius 3 is 3.38 bits per heavy atom. The van der Waals surface area contributed by atoms with Crippen LogP contribution in [0, 0.1) is 11.3 Å². The normalized spacial score (nSPS) is 21.6. The van der Waals surface area contributed by atoms with E-state index in [1.54, 1.807) is 6.20 Å². The lowest BCUT2D eigenvalue weighted by Gasteiger charge is -2.07. The topological polar surface area (TPSA) is 41.6 Å². The van der Waals surface area contributed by atoms with Gasteiger partial charge in [0.2, 0.25) is 0 Å². The highest BCUT2D eigenvalue weighted by Crippen LogP contribution is 2.27. The molecular weight excluding hydrogens is 182 g/mol.